The average molecular weight is 485 g/mol. The van der Waals surface area contributed by atoms with Crippen LogP contribution < -0.4 is 15.5 Å². The van der Waals surface area contributed by atoms with Crippen molar-refractivity contribution in [1.29, 1.82) is 0 Å². The smallest absolute Gasteiger partial charge is 0.191 e. The van der Waals surface area contributed by atoms with E-state index in [2.05, 4.69) is 55.2 Å². The number of pyridine rings is 1. The molecule has 0 aromatic carbocycles. The standard InChI is InChI=1S/C19H27N5S.HI/c1-20-19(23-15-17-7-6-12-25-17)22-14-16-8-9-21-18(13-16)24-10-4-2-3-5-11-24;/h6-9,12-13H,2-5,10-11,14-15H2,1H3,(H2,20,22,23);1H. The van der Waals surface area contributed by atoms with Crippen LogP contribution in [-0.2, 0) is 13.1 Å². The molecule has 2 N–H and O–H groups in total. The molecule has 1 aliphatic heterocycles. The average Bonchev–Trinajstić information content (AvgIpc) is 3.02. The maximum Gasteiger partial charge on any atom is 0.191 e. The van der Waals surface area contributed by atoms with Crippen molar-refractivity contribution in [2.24, 2.45) is 4.99 Å². The Labute approximate surface area is 177 Å². The van der Waals surface area contributed by atoms with Crippen molar-refractivity contribution in [1.82, 2.24) is 15.6 Å². The number of thiophene rings is 1. The molecule has 0 bridgehead atoms. The minimum atomic E-state index is 0. The first-order valence-electron chi connectivity index (χ1n) is 9.02. The highest BCUT2D eigenvalue weighted by molar-refractivity contribution is 14.0. The maximum atomic E-state index is 4.58. The Morgan fingerprint density at radius 1 is 1.15 bits per heavy atom. The minimum absolute atomic E-state index is 0. The molecule has 1 aliphatic rings. The van der Waals surface area contributed by atoms with Gasteiger partial charge in [-0.05, 0) is 42.0 Å². The lowest BCUT2D eigenvalue weighted by atomic mass is 10.2. The van der Waals surface area contributed by atoms with E-state index < -0.39 is 0 Å². The van der Waals surface area contributed by atoms with E-state index in [4.69, 9.17) is 0 Å². The molecule has 7 heteroatoms. The second kappa shape index (κ2) is 11.4. The van der Waals surface area contributed by atoms with Crippen molar-refractivity contribution in [3.8, 4) is 0 Å². The molecule has 2 aromatic heterocycles. The minimum Gasteiger partial charge on any atom is -0.357 e. The van der Waals surface area contributed by atoms with Gasteiger partial charge in [0.2, 0.25) is 0 Å². The third kappa shape index (κ3) is 6.42. The van der Waals surface area contributed by atoms with Gasteiger partial charge in [-0.1, -0.05) is 18.9 Å². The van der Waals surface area contributed by atoms with E-state index in [-0.39, 0.29) is 24.0 Å². The van der Waals surface area contributed by atoms with Gasteiger partial charge in [0.05, 0.1) is 6.54 Å². The Morgan fingerprint density at radius 2 is 1.92 bits per heavy atom. The first-order chi connectivity index (χ1) is 12.3. The Bertz CT molecular complexity index is 666. The number of hydrogen-bond acceptors (Lipinski definition) is 4. The zero-order valence-electron chi connectivity index (χ0n) is 15.3. The molecule has 1 fully saturated rings. The van der Waals surface area contributed by atoms with Gasteiger partial charge < -0.3 is 15.5 Å². The molecule has 0 unspecified atom stereocenters. The van der Waals surface area contributed by atoms with E-state index in [0.717, 1.165) is 38.0 Å². The van der Waals surface area contributed by atoms with Crippen LogP contribution in [0.1, 0.15) is 36.1 Å². The van der Waals surface area contributed by atoms with Crippen molar-refractivity contribution < 1.29 is 0 Å². The summed E-state index contributed by atoms with van der Waals surface area (Å²) in [4.78, 5) is 12.6. The summed E-state index contributed by atoms with van der Waals surface area (Å²) < 4.78 is 0. The van der Waals surface area contributed by atoms with E-state index in [1.165, 1.54) is 36.1 Å². The maximum absolute atomic E-state index is 4.58. The molecule has 3 heterocycles. The summed E-state index contributed by atoms with van der Waals surface area (Å²) in [6.07, 6.45) is 7.12. The molecule has 0 saturated carbocycles. The van der Waals surface area contributed by atoms with Crippen molar-refractivity contribution in [3.63, 3.8) is 0 Å². The van der Waals surface area contributed by atoms with Gasteiger partial charge >= 0.3 is 0 Å². The largest absolute Gasteiger partial charge is 0.357 e. The molecule has 0 spiro atoms. The zero-order chi connectivity index (χ0) is 17.3. The summed E-state index contributed by atoms with van der Waals surface area (Å²) in [5.41, 5.74) is 1.23. The number of anilines is 1. The predicted molar refractivity (Wildman–Crippen MR) is 122 cm³/mol. The van der Waals surface area contributed by atoms with Crippen LogP contribution >= 0.6 is 35.3 Å². The van der Waals surface area contributed by atoms with E-state index in [1.54, 1.807) is 18.4 Å². The molecule has 0 radical (unpaired) electrons. The molecule has 1 saturated heterocycles. The van der Waals surface area contributed by atoms with E-state index >= 15 is 0 Å². The molecule has 26 heavy (non-hydrogen) atoms. The van der Waals surface area contributed by atoms with Crippen molar-refractivity contribution in [2.45, 2.75) is 38.8 Å². The van der Waals surface area contributed by atoms with Crippen LogP contribution in [0.15, 0.2) is 40.8 Å². The van der Waals surface area contributed by atoms with Gasteiger partial charge in [-0.15, -0.1) is 35.3 Å². The van der Waals surface area contributed by atoms with Gasteiger partial charge in [0.15, 0.2) is 5.96 Å². The lowest BCUT2D eigenvalue weighted by molar-refractivity contribution is 0.726. The van der Waals surface area contributed by atoms with Crippen molar-refractivity contribution >= 4 is 47.1 Å². The quantitative estimate of drug-likeness (QED) is 0.382. The Balaban J connectivity index is 0.00000243. The highest BCUT2D eigenvalue weighted by Gasteiger charge is 2.11. The second-order valence-corrected chi connectivity index (χ2v) is 7.31. The number of hydrogen-bond donors (Lipinski definition) is 2. The molecule has 0 atom stereocenters. The van der Waals surface area contributed by atoms with Gasteiger partial charge in [-0.2, -0.15) is 0 Å². The van der Waals surface area contributed by atoms with Gasteiger partial charge in [0.25, 0.3) is 0 Å². The number of nitrogens with zero attached hydrogens (tertiary/aromatic N) is 3. The first kappa shape index (κ1) is 21.0. The van der Waals surface area contributed by atoms with Crippen LogP contribution in [0.25, 0.3) is 0 Å². The lowest BCUT2D eigenvalue weighted by Gasteiger charge is -2.22. The molecule has 3 rings (SSSR count). The molecule has 0 amide bonds. The van der Waals surface area contributed by atoms with Crippen LogP contribution in [-0.4, -0.2) is 31.1 Å². The summed E-state index contributed by atoms with van der Waals surface area (Å²) in [6, 6.07) is 8.46. The summed E-state index contributed by atoms with van der Waals surface area (Å²) in [5.74, 6) is 1.92. The molecule has 5 nitrogen and oxygen atoms in total. The van der Waals surface area contributed by atoms with E-state index in [1.807, 2.05) is 6.20 Å². The predicted octanol–water partition coefficient (Wildman–Crippen LogP) is 4.01. The van der Waals surface area contributed by atoms with Crippen LogP contribution in [0.2, 0.25) is 0 Å². The van der Waals surface area contributed by atoms with Gasteiger partial charge in [0, 0.05) is 37.8 Å². The van der Waals surface area contributed by atoms with Gasteiger partial charge in [-0.25, -0.2) is 4.98 Å². The van der Waals surface area contributed by atoms with Crippen LogP contribution in [0.5, 0.6) is 0 Å². The van der Waals surface area contributed by atoms with E-state index in [9.17, 15) is 0 Å². The fourth-order valence-electron chi connectivity index (χ4n) is 3.03. The third-order valence-corrected chi connectivity index (χ3v) is 5.31. The number of nitrogens with one attached hydrogen (secondary N) is 2. The van der Waals surface area contributed by atoms with E-state index in [0.29, 0.717) is 0 Å². The highest BCUT2D eigenvalue weighted by Crippen LogP contribution is 2.18. The van der Waals surface area contributed by atoms with Crippen LogP contribution in [0.3, 0.4) is 0 Å². The summed E-state index contributed by atoms with van der Waals surface area (Å²) in [7, 11) is 1.80. The zero-order valence-corrected chi connectivity index (χ0v) is 18.4. The van der Waals surface area contributed by atoms with Gasteiger partial charge in [-0.3, -0.25) is 4.99 Å². The number of rotatable bonds is 5. The summed E-state index contributed by atoms with van der Waals surface area (Å²) in [6.45, 7) is 3.78. The molecular weight excluding hydrogens is 457 g/mol. The Morgan fingerprint density at radius 3 is 2.62 bits per heavy atom. The number of halogens is 1. The topological polar surface area (TPSA) is 52.6 Å². The number of aromatic nitrogens is 1. The number of guanidine groups is 1. The molecule has 2 aromatic rings. The molecular formula is C19H28IN5S. The SMILES string of the molecule is CN=C(NCc1ccnc(N2CCCCCC2)c1)NCc1cccs1.I. The first-order valence-corrected chi connectivity index (χ1v) is 9.90. The summed E-state index contributed by atoms with van der Waals surface area (Å²) in [5, 5.41) is 8.83. The van der Waals surface area contributed by atoms with Crippen molar-refractivity contribution in [3.05, 3.63) is 46.3 Å². The van der Waals surface area contributed by atoms with Crippen LogP contribution in [0, 0.1) is 0 Å². The fraction of sp³-hybridized carbons (Fsp3) is 0.474. The summed E-state index contributed by atoms with van der Waals surface area (Å²) >= 11 is 1.75. The van der Waals surface area contributed by atoms with Crippen LogP contribution in [0.4, 0.5) is 5.82 Å². The Kier molecular flexibility index (Phi) is 9.17. The number of aliphatic imine (C=N–C) groups is 1. The molecule has 142 valence electrons. The van der Waals surface area contributed by atoms with Gasteiger partial charge in [0.1, 0.15) is 5.82 Å². The normalized spacial score (nSPS) is 15.1. The fourth-order valence-corrected chi connectivity index (χ4v) is 3.68. The lowest BCUT2D eigenvalue weighted by Crippen LogP contribution is -2.36. The third-order valence-electron chi connectivity index (χ3n) is 4.43. The monoisotopic (exact) mass is 485 g/mol. The second-order valence-electron chi connectivity index (χ2n) is 6.28. The van der Waals surface area contributed by atoms with Crippen molar-refractivity contribution in [2.75, 3.05) is 25.0 Å². The highest BCUT2D eigenvalue weighted by atomic mass is 127. The Hall–Kier alpha value is -1.35. The molecule has 0 aliphatic carbocycles.